The van der Waals surface area contributed by atoms with Gasteiger partial charge in [0, 0.05) is 10.9 Å². The molecule has 122 valence electrons. The Morgan fingerprint density at radius 1 is 1.27 bits per heavy atom. The van der Waals surface area contributed by atoms with Crippen molar-refractivity contribution in [3.63, 3.8) is 0 Å². The molecule has 1 aromatic rings. The quantitative estimate of drug-likeness (QED) is 0.703. The molecule has 0 saturated heterocycles. The van der Waals surface area contributed by atoms with Crippen LogP contribution in [0.1, 0.15) is 52.0 Å². The highest BCUT2D eigenvalue weighted by molar-refractivity contribution is 9.10. The molecule has 0 bridgehead atoms. The van der Waals surface area contributed by atoms with Gasteiger partial charge in [0.1, 0.15) is 5.60 Å². The van der Waals surface area contributed by atoms with Crippen molar-refractivity contribution in [1.29, 1.82) is 0 Å². The lowest BCUT2D eigenvalue weighted by Gasteiger charge is -2.21. The van der Waals surface area contributed by atoms with Crippen molar-refractivity contribution in [3.05, 3.63) is 34.3 Å². The minimum absolute atomic E-state index is 0.174. The fraction of sp³-hybridized carbons (Fsp3) is 0.529. The predicted octanol–water partition coefficient (Wildman–Crippen LogP) is 4.22. The van der Waals surface area contributed by atoms with Crippen molar-refractivity contribution in [3.8, 4) is 0 Å². The van der Waals surface area contributed by atoms with E-state index in [-0.39, 0.29) is 18.4 Å². The number of carbonyl (C=O) groups is 2. The van der Waals surface area contributed by atoms with Crippen molar-refractivity contribution in [2.24, 2.45) is 0 Å². The third-order valence-corrected chi connectivity index (χ3v) is 3.37. The van der Waals surface area contributed by atoms with E-state index in [1.54, 1.807) is 6.92 Å². The number of benzene rings is 1. The van der Waals surface area contributed by atoms with Gasteiger partial charge in [0.2, 0.25) is 0 Å². The molecule has 0 radical (unpaired) electrons. The summed E-state index contributed by atoms with van der Waals surface area (Å²) in [4.78, 5) is 24.0. The van der Waals surface area contributed by atoms with E-state index >= 15 is 0 Å². The summed E-state index contributed by atoms with van der Waals surface area (Å²) < 4.78 is 11.3. The summed E-state index contributed by atoms with van der Waals surface area (Å²) >= 11 is 3.39. The van der Waals surface area contributed by atoms with E-state index in [1.165, 1.54) is 0 Å². The smallest absolute Gasteiger partial charge is 0.313 e. The minimum Gasteiger partial charge on any atom is -0.466 e. The lowest BCUT2D eigenvalue weighted by atomic mass is 9.94. The zero-order valence-corrected chi connectivity index (χ0v) is 15.1. The third kappa shape index (κ3) is 6.60. The fourth-order valence-corrected chi connectivity index (χ4v) is 2.46. The summed E-state index contributed by atoms with van der Waals surface area (Å²) in [7, 11) is 0. The molecule has 0 spiro atoms. The van der Waals surface area contributed by atoms with E-state index in [9.17, 15) is 9.59 Å². The first-order valence-electron chi connectivity index (χ1n) is 7.37. The molecule has 0 amide bonds. The Hall–Kier alpha value is -1.36. The molecule has 0 aliphatic rings. The second-order valence-electron chi connectivity index (χ2n) is 5.98. The van der Waals surface area contributed by atoms with Crippen molar-refractivity contribution in [2.45, 2.75) is 52.1 Å². The van der Waals surface area contributed by atoms with Gasteiger partial charge in [0.05, 0.1) is 12.5 Å². The first kappa shape index (κ1) is 18.7. The number of esters is 2. The van der Waals surface area contributed by atoms with Crippen LogP contribution < -0.4 is 0 Å². The topological polar surface area (TPSA) is 52.6 Å². The zero-order chi connectivity index (χ0) is 16.8. The monoisotopic (exact) mass is 370 g/mol. The number of hydrogen-bond donors (Lipinski definition) is 0. The average molecular weight is 371 g/mol. The minimum atomic E-state index is -0.522. The first-order valence-corrected chi connectivity index (χ1v) is 8.16. The van der Waals surface area contributed by atoms with Crippen molar-refractivity contribution < 1.29 is 19.1 Å². The van der Waals surface area contributed by atoms with E-state index in [0.717, 1.165) is 10.0 Å². The summed E-state index contributed by atoms with van der Waals surface area (Å²) in [5.74, 6) is -1.09. The van der Waals surface area contributed by atoms with Crippen molar-refractivity contribution in [1.82, 2.24) is 0 Å². The number of hydrogen-bond acceptors (Lipinski definition) is 4. The van der Waals surface area contributed by atoms with Crippen LogP contribution in [0.4, 0.5) is 0 Å². The Labute approximate surface area is 140 Å². The van der Waals surface area contributed by atoms with Crippen molar-refractivity contribution >= 4 is 27.9 Å². The molecule has 0 fully saturated rings. The molecule has 22 heavy (non-hydrogen) atoms. The van der Waals surface area contributed by atoms with Gasteiger partial charge in [-0.25, -0.2) is 0 Å². The number of halogens is 1. The van der Waals surface area contributed by atoms with Gasteiger partial charge in [-0.15, -0.1) is 0 Å². The predicted molar refractivity (Wildman–Crippen MR) is 88.6 cm³/mol. The fourth-order valence-electron chi connectivity index (χ4n) is 2.04. The van der Waals surface area contributed by atoms with E-state index < -0.39 is 11.5 Å². The molecule has 1 unspecified atom stereocenters. The van der Waals surface area contributed by atoms with E-state index in [1.807, 2.05) is 45.0 Å². The highest BCUT2D eigenvalue weighted by Gasteiger charge is 2.25. The SMILES string of the molecule is CCOC(=O)C(CCC(=O)OC(C)(C)C)c1cccc(Br)c1. The summed E-state index contributed by atoms with van der Waals surface area (Å²) in [5.41, 5.74) is 0.308. The van der Waals surface area contributed by atoms with Gasteiger partial charge in [0.25, 0.3) is 0 Å². The molecule has 1 rings (SSSR count). The summed E-state index contributed by atoms with van der Waals surface area (Å²) in [6, 6.07) is 7.48. The van der Waals surface area contributed by atoms with Gasteiger partial charge in [-0.2, -0.15) is 0 Å². The molecular weight excluding hydrogens is 348 g/mol. The maximum atomic E-state index is 12.2. The van der Waals surface area contributed by atoms with Crippen LogP contribution in [0.15, 0.2) is 28.7 Å². The number of carbonyl (C=O) groups excluding carboxylic acids is 2. The lowest BCUT2D eigenvalue weighted by molar-refractivity contribution is -0.155. The molecule has 1 aromatic carbocycles. The van der Waals surface area contributed by atoms with Crippen molar-refractivity contribution in [2.75, 3.05) is 6.61 Å². The third-order valence-electron chi connectivity index (χ3n) is 2.88. The first-order chi connectivity index (χ1) is 10.2. The number of rotatable bonds is 6. The molecular formula is C17H23BrO4. The Bertz CT molecular complexity index is 520. The molecule has 1 atom stereocenters. The van der Waals surface area contributed by atoms with Crippen LogP contribution in [-0.4, -0.2) is 24.1 Å². The van der Waals surface area contributed by atoms with Gasteiger partial charge in [-0.1, -0.05) is 28.1 Å². The molecule has 0 heterocycles. The van der Waals surface area contributed by atoms with Gasteiger partial charge in [-0.05, 0) is 51.8 Å². The van der Waals surface area contributed by atoms with Gasteiger partial charge in [-0.3, -0.25) is 9.59 Å². The normalized spacial score (nSPS) is 12.6. The molecule has 0 saturated carbocycles. The Kier molecular flexibility index (Phi) is 7.07. The number of ether oxygens (including phenoxy) is 2. The van der Waals surface area contributed by atoms with Crippen LogP contribution in [0.5, 0.6) is 0 Å². The van der Waals surface area contributed by atoms with Gasteiger partial charge < -0.3 is 9.47 Å². The van der Waals surface area contributed by atoms with E-state index in [4.69, 9.17) is 9.47 Å². The van der Waals surface area contributed by atoms with Gasteiger partial charge >= 0.3 is 11.9 Å². The maximum absolute atomic E-state index is 12.2. The van der Waals surface area contributed by atoms with Crippen LogP contribution in [0.3, 0.4) is 0 Å². The van der Waals surface area contributed by atoms with E-state index in [2.05, 4.69) is 15.9 Å². The molecule has 0 aromatic heterocycles. The lowest BCUT2D eigenvalue weighted by Crippen LogP contribution is -2.25. The van der Waals surface area contributed by atoms with Crippen LogP contribution in [0.25, 0.3) is 0 Å². The van der Waals surface area contributed by atoms with Crippen LogP contribution in [0, 0.1) is 0 Å². The summed E-state index contributed by atoms with van der Waals surface area (Å²) in [6.07, 6.45) is 0.539. The second kappa shape index (κ2) is 8.32. The standard InChI is InChI=1S/C17H23BrO4/c1-5-21-16(20)14(12-7-6-8-13(18)11-12)9-10-15(19)22-17(2,3)4/h6-8,11,14H,5,9-10H2,1-4H3. The largest absolute Gasteiger partial charge is 0.466 e. The molecule has 0 N–H and O–H groups in total. The van der Waals surface area contributed by atoms with Gasteiger partial charge in [0.15, 0.2) is 0 Å². The molecule has 0 aliphatic carbocycles. The molecule has 4 nitrogen and oxygen atoms in total. The second-order valence-corrected chi connectivity index (χ2v) is 6.90. The van der Waals surface area contributed by atoms with E-state index in [0.29, 0.717) is 13.0 Å². The van der Waals surface area contributed by atoms with Crippen LogP contribution in [0.2, 0.25) is 0 Å². The summed E-state index contributed by atoms with van der Waals surface area (Å²) in [5, 5.41) is 0. The Balaban J connectivity index is 2.79. The summed E-state index contributed by atoms with van der Waals surface area (Å²) in [6.45, 7) is 7.55. The maximum Gasteiger partial charge on any atom is 0.313 e. The van der Waals surface area contributed by atoms with Crippen LogP contribution >= 0.6 is 15.9 Å². The Morgan fingerprint density at radius 3 is 2.50 bits per heavy atom. The highest BCUT2D eigenvalue weighted by Crippen LogP contribution is 2.26. The van der Waals surface area contributed by atoms with Crippen LogP contribution in [-0.2, 0) is 19.1 Å². The average Bonchev–Trinajstić information content (AvgIpc) is 2.37. The Morgan fingerprint density at radius 2 is 1.95 bits per heavy atom. The molecule has 5 heteroatoms. The zero-order valence-electron chi connectivity index (χ0n) is 13.5. The molecule has 0 aliphatic heterocycles. The highest BCUT2D eigenvalue weighted by atomic mass is 79.9.